The lowest BCUT2D eigenvalue weighted by Gasteiger charge is -2.28. The largest absolute Gasteiger partial charge is 0.267 e. The molecule has 0 radical (unpaired) electrons. The predicted molar refractivity (Wildman–Crippen MR) is 52.7 cm³/mol. The van der Waals surface area contributed by atoms with Crippen LogP contribution in [0.1, 0.15) is 12.0 Å². The van der Waals surface area contributed by atoms with Gasteiger partial charge in [0.15, 0.2) is 0 Å². The first-order chi connectivity index (χ1) is 5.79. The van der Waals surface area contributed by atoms with Crippen molar-refractivity contribution in [1.82, 2.24) is 0 Å². The van der Waals surface area contributed by atoms with E-state index in [2.05, 4.69) is 6.07 Å². The zero-order chi connectivity index (χ0) is 8.55. The molecule has 12 heavy (non-hydrogen) atoms. The molecule has 0 saturated heterocycles. The van der Waals surface area contributed by atoms with Gasteiger partial charge in [-0.3, -0.25) is 4.42 Å². The summed E-state index contributed by atoms with van der Waals surface area (Å²) in [5, 5.41) is 0. The summed E-state index contributed by atoms with van der Waals surface area (Å²) in [6.45, 7) is 0. The lowest BCUT2D eigenvalue weighted by molar-refractivity contribution is 0.740. The average molecular weight is 202 g/mol. The highest BCUT2D eigenvalue weighted by atomic mass is 35.5. The van der Waals surface area contributed by atoms with Crippen molar-refractivity contribution < 1.29 is 0 Å². The highest BCUT2D eigenvalue weighted by molar-refractivity contribution is 6.33. The lowest BCUT2D eigenvalue weighted by Crippen LogP contribution is -2.26. The van der Waals surface area contributed by atoms with E-state index in [4.69, 9.17) is 23.4 Å². The molecular weight excluding hydrogens is 193 g/mol. The van der Waals surface area contributed by atoms with Gasteiger partial charge >= 0.3 is 0 Å². The quantitative estimate of drug-likeness (QED) is 0.355. The van der Waals surface area contributed by atoms with Crippen LogP contribution in [-0.2, 0) is 6.42 Å². The van der Waals surface area contributed by atoms with E-state index in [0.29, 0.717) is 0 Å². The average Bonchev–Trinajstić information content (AvgIpc) is 2.12. The summed E-state index contributed by atoms with van der Waals surface area (Å²) in [4.78, 5) is 0. The summed E-state index contributed by atoms with van der Waals surface area (Å²) in [7, 11) is 0. The molecule has 1 nitrogen and oxygen atoms in total. The monoisotopic (exact) mass is 201 g/mol. The van der Waals surface area contributed by atoms with Gasteiger partial charge in [0.05, 0.1) is 5.69 Å². The van der Waals surface area contributed by atoms with Crippen molar-refractivity contribution in [2.45, 2.75) is 18.3 Å². The minimum atomic E-state index is -0.0680. The van der Waals surface area contributed by atoms with Crippen LogP contribution in [0.3, 0.4) is 0 Å². The summed E-state index contributed by atoms with van der Waals surface area (Å²) < 4.78 is 1.61. The molecule has 1 atom stereocenters. The summed E-state index contributed by atoms with van der Waals surface area (Å²) in [6.07, 6.45) is 1.94. The first-order valence-electron chi connectivity index (χ1n) is 3.96. The summed E-state index contributed by atoms with van der Waals surface area (Å²) in [5.74, 6) is 0. The van der Waals surface area contributed by atoms with E-state index in [-0.39, 0.29) is 5.50 Å². The Morgan fingerprint density at radius 1 is 1.33 bits per heavy atom. The number of aryl methyl sites for hydroxylation is 1. The molecule has 1 aromatic carbocycles. The molecular formula is C9H9Cl2N. The topological polar surface area (TPSA) is 3.24 Å². The van der Waals surface area contributed by atoms with E-state index in [9.17, 15) is 0 Å². The van der Waals surface area contributed by atoms with Crippen LogP contribution in [0.15, 0.2) is 24.3 Å². The first kappa shape index (κ1) is 8.21. The van der Waals surface area contributed by atoms with Gasteiger partial charge in [0.25, 0.3) is 0 Å². The number of halogens is 2. The van der Waals surface area contributed by atoms with Gasteiger partial charge in [-0.1, -0.05) is 29.8 Å². The molecule has 0 bridgehead atoms. The molecule has 1 aliphatic rings. The van der Waals surface area contributed by atoms with Crippen LogP contribution < -0.4 is 4.42 Å². The minimum Gasteiger partial charge on any atom is -0.267 e. The number of anilines is 1. The van der Waals surface area contributed by atoms with Crippen molar-refractivity contribution >= 4 is 29.1 Å². The molecule has 3 heteroatoms. The number of para-hydroxylation sites is 1. The second kappa shape index (κ2) is 3.15. The Morgan fingerprint density at radius 2 is 2.08 bits per heavy atom. The second-order valence-corrected chi connectivity index (χ2v) is 3.78. The number of alkyl halides is 1. The molecule has 1 aromatic rings. The Morgan fingerprint density at radius 3 is 2.92 bits per heavy atom. The van der Waals surface area contributed by atoms with Crippen molar-refractivity contribution in [3.05, 3.63) is 29.8 Å². The van der Waals surface area contributed by atoms with Gasteiger partial charge in [-0.05, 0) is 24.5 Å². The molecule has 0 N–H and O–H groups in total. The standard InChI is InChI=1S/C9H9Cl2N/c10-9-6-5-7-3-1-2-4-8(7)12(9)11/h1-4,9H,5-6H2. The lowest BCUT2D eigenvalue weighted by atomic mass is 10.0. The first-order valence-corrected chi connectivity index (χ1v) is 4.73. The maximum absolute atomic E-state index is 6.00. The van der Waals surface area contributed by atoms with E-state index in [0.717, 1.165) is 18.5 Å². The van der Waals surface area contributed by atoms with Crippen molar-refractivity contribution in [1.29, 1.82) is 0 Å². The third-order valence-corrected chi connectivity index (χ3v) is 3.05. The van der Waals surface area contributed by atoms with Gasteiger partial charge in [-0.25, -0.2) is 0 Å². The Kier molecular flexibility index (Phi) is 2.16. The molecule has 1 heterocycles. The van der Waals surface area contributed by atoms with Crippen LogP contribution in [0.2, 0.25) is 0 Å². The van der Waals surface area contributed by atoms with E-state index in [1.54, 1.807) is 4.42 Å². The number of rotatable bonds is 0. The third kappa shape index (κ3) is 1.27. The van der Waals surface area contributed by atoms with Gasteiger partial charge in [-0.15, -0.1) is 0 Å². The van der Waals surface area contributed by atoms with Gasteiger partial charge in [0, 0.05) is 11.8 Å². The maximum Gasteiger partial charge on any atom is 0.120 e. The normalized spacial score (nSPS) is 22.2. The molecule has 1 unspecified atom stereocenters. The molecule has 1 aliphatic heterocycles. The van der Waals surface area contributed by atoms with Crippen molar-refractivity contribution in [3.8, 4) is 0 Å². The van der Waals surface area contributed by atoms with E-state index >= 15 is 0 Å². The van der Waals surface area contributed by atoms with Gasteiger partial charge in [-0.2, -0.15) is 0 Å². The smallest absolute Gasteiger partial charge is 0.120 e. The molecule has 0 spiro atoms. The van der Waals surface area contributed by atoms with Crippen LogP contribution in [0.5, 0.6) is 0 Å². The zero-order valence-corrected chi connectivity index (χ0v) is 8.02. The predicted octanol–water partition coefficient (Wildman–Crippen LogP) is 3.16. The number of benzene rings is 1. The summed E-state index contributed by atoms with van der Waals surface area (Å²) in [5.41, 5.74) is 2.26. The van der Waals surface area contributed by atoms with Gasteiger partial charge in [0.2, 0.25) is 0 Å². The van der Waals surface area contributed by atoms with Crippen LogP contribution in [-0.4, -0.2) is 5.50 Å². The second-order valence-electron chi connectivity index (χ2n) is 2.91. The fourth-order valence-electron chi connectivity index (χ4n) is 1.47. The van der Waals surface area contributed by atoms with E-state index < -0.39 is 0 Å². The maximum atomic E-state index is 6.00. The number of hydrogen-bond donors (Lipinski definition) is 0. The number of nitrogens with zero attached hydrogens (tertiary/aromatic N) is 1. The van der Waals surface area contributed by atoms with Crippen LogP contribution >= 0.6 is 23.4 Å². The van der Waals surface area contributed by atoms with Gasteiger partial charge in [0.1, 0.15) is 5.50 Å². The SMILES string of the molecule is ClC1CCc2ccccc2N1Cl. The fraction of sp³-hybridized carbons (Fsp3) is 0.333. The summed E-state index contributed by atoms with van der Waals surface area (Å²) >= 11 is 12.0. The van der Waals surface area contributed by atoms with Crippen molar-refractivity contribution in [3.63, 3.8) is 0 Å². The Hall–Kier alpha value is -0.400. The molecule has 64 valence electrons. The Labute approximate surface area is 82.0 Å². The Balaban J connectivity index is 2.42. The van der Waals surface area contributed by atoms with Crippen LogP contribution in [0.25, 0.3) is 0 Å². The molecule has 0 saturated carbocycles. The fourth-order valence-corrected chi connectivity index (χ4v) is 1.95. The summed E-state index contributed by atoms with van der Waals surface area (Å²) in [6, 6.07) is 8.09. The highest BCUT2D eigenvalue weighted by Gasteiger charge is 2.22. The van der Waals surface area contributed by atoms with E-state index in [1.165, 1.54) is 5.56 Å². The van der Waals surface area contributed by atoms with Crippen molar-refractivity contribution in [2.75, 3.05) is 4.42 Å². The van der Waals surface area contributed by atoms with E-state index in [1.807, 2.05) is 18.2 Å². The molecule has 2 rings (SSSR count). The van der Waals surface area contributed by atoms with Crippen LogP contribution in [0.4, 0.5) is 5.69 Å². The van der Waals surface area contributed by atoms with Crippen LogP contribution in [0, 0.1) is 0 Å². The molecule has 0 amide bonds. The van der Waals surface area contributed by atoms with Crippen molar-refractivity contribution in [2.24, 2.45) is 0 Å². The minimum absolute atomic E-state index is 0.0680. The number of fused-ring (bicyclic) bond motifs is 1. The highest BCUT2D eigenvalue weighted by Crippen LogP contribution is 2.33. The zero-order valence-electron chi connectivity index (χ0n) is 6.50. The molecule has 0 fully saturated rings. The van der Waals surface area contributed by atoms with Gasteiger partial charge < -0.3 is 0 Å². The molecule has 0 aliphatic carbocycles. The third-order valence-electron chi connectivity index (χ3n) is 2.12. The molecule has 0 aromatic heterocycles. The number of hydrogen-bond acceptors (Lipinski definition) is 1. The Bertz CT molecular complexity index is 288.